The Bertz CT molecular complexity index is 674. The normalized spacial score (nSPS) is 15.7. The molecule has 13 heteroatoms. The lowest BCUT2D eigenvalue weighted by molar-refractivity contribution is -0.143. The van der Waals surface area contributed by atoms with Crippen molar-refractivity contribution in [1.82, 2.24) is 16.0 Å². The Kier molecular flexibility index (Phi) is 13.5. The van der Waals surface area contributed by atoms with Crippen LogP contribution in [0.1, 0.15) is 40.0 Å². The molecule has 8 N–H and O–H groups in total. The van der Waals surface area contributed by atoms with Crippen LogP contribution in [0.2, 0.25) is 0 Å². The number of carbonyl (C=O) groups excluding carboxylic acids is 3. The number of carboxylic acids is 2. The molecular weight excluding hydrogens is 444 g/mol. The van der Waals surface area contributed by atoms with E-state index in [1.54, 1.807) is 13.8 Å². The lowest BCUT2D eigenvalue weighted by Gasteiger charge is -2.27. The van der Waals surface area contributed by atoms with Crippen molar-refractivity contribution >= 4 is 41.4 Å². The van der Waals surface area contributed by atoms with Gasteiger partial charge < -0.3 is 37.0 Å². The van der Waals surface area contributed by atoms with Gasteiger partial charge in [0, 0.05) is 6.42 Å². The van der Waals surface area contributed by atoms with E-state index in [0.717, 1.165) is 0 Å². The van der Waals surface area contributed by atoms with E-state index in [-0.39, 0.29) is 12.8 Å². The Morgan fingerprint density at radius 2 is 1.44 bits per heavy atom. The first kappa shape index (κ1) is 29.6. The topological polar surface area (TPSA) is 208 Å². The van der Waals surface area contributed by atoms with Gasteiger partial charge in [-0.2, -0.15) is 11.8 Å². The van der Waals surface area contributed by atoms with Crippen molar-refractivity contribution in [3.63, 3.8) is 0 Å². The molecule has 0 rings (SSSR count). The molecule has 32 heavy (non-hydrogen) atoms. The third kappa shape index (κ3) is 10.8. The van der Waals surface area contributed by atoms with Crippen molar-refractivity contribution in [2.45, 2.75) is 70.3 Å². The van der Waals surface area contributed by atoms with Gasteiger partial charge in [0.15, 0.2) is 0 Å². The summed E-state index contributed by atoms with van der Waals surface area (Å²) in [5.41, 5.74) is 5.61. The summed E-state index contributed by atoms with van der Waals surface area (Å²) in [6, 6.07) is -4.84. The molecule has 0 aromatic carbocycles. The molecule has 0 saturated carbocycles. The van der Waals surface area contributed by atoms with E-state index >= 15 is 0 Å². The van der Waals surface area contributed by atoms with Crippen LogP contribution in [0.5, 0.6) is 0 Å². The van der Waals surface area contributed by atoms with E-state index < -0.39 is 72.3 Å². The van der Waals surface area contributed by atoms with Crippen molar-refractivity contribution in [3.8, 4) is 0 Å². The maximum atomic E-state index is 12.8. The summed E-state index contributed by atoms with van der Waals surface area (Å²) in [7, 11) is 0. The zero-order chi connectivity index (χ0) is 25.0. The first-order valence-electron chi connectivity index (χ1n) is 10.1. The van der Waals surface area contributed by atoms with E-state index in [0.29, 0.717) is 5.75 Å². The Balaban J connectivity index is 5.38. The Labute approximate surface area is 191 Å². The highest BCUT2D eigenvalue weighted by Gasteiger charge is 2.32. The summed E-state index contributed by atoms with van der Waals surface area (Å²) >= 11 is 1.44. The van der Waals surface area contributed by atoms with Gasteiger partial charge in [-0.3, -0.25) is 19.2 Å². The molecule has 0 radical (unpaired) electrons. The second-order valence-corrected chi connectivity index (χ2v) is 8.66. The minimum Gasteiger partial charge on any atom is -0.481 e. The zero-order valence-electron chi connectivity index (χ0n) is 18.7. The van der Waals surface area contributed by atoms with Gasteiger partial charge in [-0.15, -0.1) is 0 Å². The predicted molar refractivity (Wildman–Crippen MR) is 118 cm³/mol. The quantitative estimate of drug-likeness (QED) is 0.145. The fourth-order valence-electron chi connectivity index (χ4n) is 2.57. The van der Waals surface area contributed by atoms with Crippen LogP contribution in [0.15, 0.2) is 0 Å². The van der Waals surface area contributed by atoms with Crippen LogP contribution in [0.3, 0.4) is 0 Å². The largest absolute Gasteiger partial charge is 0.481 e. The standard InChI is InChI=1S/C19H34N4O8S/c1-9(2)15(18(29)22-12(19(30)31)5-6-13(25)26)23-16(27)11(7-8-32-4)21-17(28)14(20)10(3)24/h9-12,14-15,24H,5-8,20H2,1-4H3,(H,21,28)(H,22,29)(H,23,27)(H,25,26)(H,30,31). The van der Waals surface area contributed by atoms with Crippen LogP contribution in [0, 0.1) is 5.92 Å². The average molecular weight is 479 g/mol. The molecule has 0 bridgehead atoms. The van der Waals surface area contributed by atoms with Crippen molar-refractivity contribution in [1.29, 1.82) is 0 Å². The maximum Gasteiger partial charge on any atom is 0.326 e. The minimum absolute atomic E-state index is 0.230. The van der Waals surface area contributed by atoms with Crippen LogP contribution in [-0.4, -0.2) is 87.3 Å². The number of aliphatic hydroxyl groups excluding tert-OH is 1. The van der Waals surface area contributed by atoms with Gasteiger partial charge in [-0.25, -0.2) is 4.79 Å². The van der Waals surface area contributed by atoms with E-state index in [2.05, 4.69) is 16.0 Å². The highest BCUT2D eigenvalue weighted by molar-refractivity contribution is 7.98. The molecular formula is C19H34N4O8S. The number of nitrogens with one attached hydrogen (secondary N) is 3. The van der Waals surface area contributed by atoms with Gasteiger partial charge in [-0.1, -0.05) is 13.8 Å². The van der Waals surface area contributed by atoms with Gasteiger partial charge in [0.1, 0.15) is 24.2 Å². The predicted octanol–water partition coefficient (Wildman–Crippen LogP) is -1.49. The monoisotopic (exact) mass is 478 g/mol. The number of carboxylic acid groups (broad SMARTS) is 2. The van der Waals surface area contributed by atoms with Crippen LogP contribution in [0.25, 0.3) is 0 Å². The number of aliphatic carboxylic acids is 2. The van der Waals surface area contributed by atoms with Crippen LogP contribution < -0.4 is 21.7 Å². The Morgan fingerprint density at radius 1 is 0.875 bits per heavy atom. The Hall–Kier alpha value is -2.38. The fourth-order valence-corrected chi connectivity index (χ4v) is 3.04. The zero-order valence-corrected chi connectivity index (χ0v) is 19.5. The number of nitrogens with two attached hydrogens (primary N) is 1. The number of amides is 3. The van der Waals surface area contributed by atoms with Gasteiger partial charge in [0.05, 0.1) is 6.10 Å². The van der Waals surface area contributed by atoms with E-state index in [1.807, 2.05) is 6.26 Å². The second kappa shape index (κ2) is 14.6. The van der Waals surface area contributed by atoms with E-state index in [9.17, 15) is 34.2 Å². The average Bonchev–Trinajstić information content (AvgIpc) is 2.70. The molecule has 184 valence electrons. The van der Waals surface area contributed by atoms with Gasteiger partial charge in [0.25, 0.3) is 0 Å². The molecule has 0 aliphatic rings. The molecule has 0 aromatic heterocycles. The van der Waals surface area contributed by atoms with E-state index in [1.165, 1.54) is 18.7 Å². The lowest BCUT2D eigenvalue weighted by Crippen LogP contribution is -2.59. The summed E-state index contributed by atoms with van der Waals surface area (Å²) in [4.78, 5) is 59.7. The number of hydrogen-bond donors (Lipinski definition) is 7. The minimum atomic E-state index is -1.44. The van der Waals surface area contributed by atoms with Crippen LogP contribution in [-0.2, 0) is 24.0 Å². The van der Waals surface area contributed by atoms with Crippen LogP contribution in [0.4, 0.5) is 0 Å². The van der Waals surface area contributed by atoms with E-state index in [4.69, 9.17) is 10.8 Å². The summed E-state index contributed by atoms with van der Waals surface area (Å²) < 4.78 is 0. The smallest absolute Gasteiger partial charge is 0.326 e. The Morgan fingerprint density at radius 3 is 1.88 bits per heavy atom. The third-order valence-corrected chi connectivity index (χ3v) is 5.22. The number of hydrogen-bond acceptors (Lipinski definition) is 8. The lowest BCUT2D eigenvalue weighted by atomic mass is 10.0. The summed E-state index contributed by atoms with van der Waals surface area (Å²) in [5.74, 6) is -4.72. The van der Waals surface area contributed by atoms with Crippen LogP contribution >= 0.6 is 11.8 Å². The number of carbonyl (C=O) groups is 5. The fraction of sp³-hybridized carbons (Fsp3) is 0.737. The van der Waals surface area contributed by atoms with Crippen molar-refractivity contribution in [2.24, 2.45) is 11.7 Å². The van der Waals surface area contributed by atoms with Crippen molar-refractivity contribution in [3.05, 3.63) is 0 Å². The first-order valence-corrected chi connectivity index (χ1v) is 11.5. The van der Waals surface area contributed by atoms with Crippen molar-refractivity contribution in [2.75, 3.05) is 12.0 Å². The third-order valence-electron chi connectivity index (χ3n) is 4.57. The molecule has 0 aromatic rings. The SMILES string of the molecule is CSCCC(NC(=O)C(N)C(C)O)C(=O)NC(C(=O)NC(CCC(=O)O)C(=O)O)C(C)C. The number of rotatable bonds is 15. The number of thioether (sulfide) groups is 1. The molecule has 0 aliphatic heterocycles. The molecule has 12 nitrogen and oxygen atoms in total. The van der Waals surface area contributed by atoms with Gasteiger partial charge >= 0.3 is 11.9 Å². The number of aliphatic hydroxyl groups is 1. The van der Waals surface area contributed by atoms with Gasteiger partial charge in [0.2, 0.25) is 17.7 Å². The maximum absolute atomic E-state index is 12.8. The molecule has 3 amide bonds. The summed E-state index contributed by atoms with van der Waals surface area (Å²) in [6.45, 7) is 4.61. The molecule has 0 fully saturated rings. The molecule has 5 unspecified atom stereocenters. The second-order valence-electron chi connectivity index (χ2n) is 7.67. The molecule has 0 heterocycles. The molecule has 0 saturated heterocycles. The molecule has 0 aliphatic carbocycles. The molecule has 0 spiro atoms. The highest BCUT2D eigenvalue weighted by atomic mass is 32.2. The highest BCUT2D eigenvalue weighted by Crippen LogP contribution is 2.08. The molecule has 5 atom stereocenters. The summed E-state index contributed by atoms with van der Waals surface area (Å²) in [5, 5.41) is 34.7. The van der Waals surface area contributed by atoms with Crippen molar-refractivity contribution < 1.29 is 39.3 Å². The van der Waals surface area contributed by atoms with Gasteiger partial charge in [-0.05, 0) is 37.7 Å². The first-order chi connectivity index (χ1) is 14.8. The summed E-state index contributed by atoms with van der Waals surface area (Å²) in [6.07, 6.45) is 0.133.